The standard InChI is InChI=1S/C18H16F4N2O2/c1-12(25)24(16-8-4-14(5-9-16)18(20,21)22)11-10-23-17(26)13-2-6-15(19)7-3-13/h2-9H,10-11H2,1H3,(H,23,26). The molecule has 2 amide bonds. The molecular formula is C18H16F4N2O2. The van der Waals surface area contributed by atoms with Crippen molar-refractivity contribution < 1.29 is 27.2 Å². The Kier molecular flexibility index (Phi) is 5.97. The monoisotopic (exact) mass is 368 g/mol. The Labute approximate surface area is 147 Å². The van der Waals surface area contributed by atoms with E-state index in [2.05, 4.69) is 5.32 Å². The van der Waals surface area contributed by atoms with E-state index in [1.54, 1.807) is 0 Å². The normalized spacial score (nSPS) is 11.1. The van der Waals surface area contributed by atoms with Gasteiger partial charge in [0.05, 0.1) is 5.56 Å². The third-order valence-electron chi connectivity index (χ3n) is 3.61. The first kappa shape index (κ1) is 19.4. The van der Waals surface area contributed by atoms with Crippen molar-refractivity contribution in [2.24, 2.45) is 0 Å². The number of halogens is 4. The maximum Gasteiger partial charge on any atom is 0.416 e. The molecule has 0 unspecified atom stereocenters. The van der Waals surface area contributed by atoms with Crippen LogP contribution in [0.4, 0.5) is 23.2 Å². The van der Waals surface area contributed by atoms with Crippen LogP contribution in [0.25, 0.3) is 0 Å². The van der Waals surface area contributed by atoms with Gasteiger partial charge in [-0.3, -0.25) is 9.59 Å². The lowest BCUT2D eigenvalue weighted by Crippen LogP contribution is -2.37. The van der Waals surface area contributed by atoms with Crippen molar-refractivity contribution in [3.8, 4) is 0 Å². The number of carbonyl (C=O) groups is 2. The van der Waals surface area contributed by atoms with E-state index in [0.29, 0.717) is 5.69 Å². The third kappa shape index (κ3) is 5.05. The molecule has 0 fully saturated rings. The second-order valence-corrected chi connectivity index (χ2v) is 5.48. The SMILES string of the molecule is CC(=O)N(CCNC(=O)c1ccc(F)cc1)c1ccc(C(F)(F)F)cc1. The molecule has 26 heavy (non-hydrogen) atoms. The summed E-state index contributed by atoms with van der Waals surface area (Å²) in [4.78, 5) is 25.0. The van der Waals surface area contributed by atoms with Gasteiger partial charge in [-0.25, -0.2) is 4.39 Å². The smallest absolute Gasteiger partial charge is 0.350 e. The number of alkyl halides is 3. The largest absolute Gasteiger partial charge is 0.416 e. The predicted molar refractivity (Wildman–Crippen MR) is 88.2 cm³/mol. The van der Waals surface area contributed by atoms with Crippen molar-refractivity contribution in [3.05, 3.63) is 65.5 Å². The average Bonchev–Trinajstić information content (AvgIpc) is 2.58. The molecule has 138 valence electrons. The van der Waals surface area contributed by atoms with Crippen LogP contribution in [0.2, 0.25) is 0 Å². The zero-order valence-corrected chi connectivity index (χ0v) is 13.8. The highest BCUT2D eigenvalue weighted by atomic mass is 19.4. The van der Waals surface area contributed by atoms with Crippen LogP contribution in [0.15, 0.2) is 48.5 Å². The molecule has 0 atom stereocenters. The number of nitrogens with one attached hydrogen (secondary N) is 1. The molecule has 0 heterocycles. The predicted octanol–water partition coefficient (Wildman–Crippen LogP) is 3.63. The fourth-order valence-electron chi connectivity index (χ4n) is 2.28. The number of hydrogen-bond acceptors (Lipinski definition) is 2. The van der Waals surface area contributed by atoms with Gasteiger partial charge in [0.1, 0.15) is 5.82 Å². The van der Waals surface area contributed by atoms with E-state index in [1.165, 1.54) is 36.1 Å². The summed E-state index contributed by atoms with van der Waals surface area (Å²) >= 11 is 0. The Morgan fingerprint density at radius 2 is 1.58 bits per heavy atom. The quantitative estimate of drug-likeness (QED) is 0.820. The van der Waals surface area contributed by atoms with Crippen molar-refractivity contribution in [1.82, 2.24) is 5.32 Å². The molecule has 2 aromatic carbocycles. The zero-order valence-electron chi connectivity index (χ0n) is 13.8. The van der Waals surface area contributed by atoms with E-state index in [9.17, 15) is 27.2 Å². The number of nitrogens with zero attached hydrogens (tertiary/aromatic N) is 1. The minimum absolute atomic E-state index is 0.0770. The maximum atomic E-state index is 12.8. The van der Waals surface area contributed by atoms with Crippen LogP contribution in [-0.2, 0) is 11.0 Å². The first-order valence-corrected chi connectivity index (χ1v) is 7.67. The molecule has 0 aromatic heterocycles. The summed E-state index contributed by atoms with van der Waals surface area (Å²) in [6.07, 6.45) is -4.46. The van der Waals surface area contributed by atoms with Crippen molar-refractivity contribution in [2.75, 3.05) is 18.0 Å². The van der Waals surface area contributed by atoms with Crippen LogP contribution in [-0.4, -0.2) is 24.9 Å². The van der Waals surface area contributed by atoms with Crippen LogP contribution in [0.1, 0.15) is 22.8 Å². The molecule has 0 radical (unpaired) electrons. The lowest BCUT2D eigenvalue weighted by Gasteiger charge is -2.22. The third-order valence-corrected chi connectivity index (χ3v) is 3.61. The van der Waals surface area contributed by atoms with Gasteiger partial charge in [-0.05, 0) is 48.5 Å². The van der Waals surface area contributed by atoms with E-state index < -0.39 is 23.5 Å². The van der Waals surface area contributed by atoms with Gasteiger partial charge in [0.25, 0.3) is 5.91 Å². The molecule has 2 aromatic rings. The summed E-state index contributed by atoms with van der Waals surface area (Å²) in [6, 6.07) is 9.13. The van der Waals surface area contributed by atoms with Gasteiger partial charge in [0, 0.05) is 31.3 Å². The molecule has 1 N–H and O–H groups in total. The van der Waals surface area contributed by atoms with Crippen LogP contribution >= 0.6 is 0 Å². The fraction of sp³-hybridized carbons (Fsp3) is 0.222. The van der Waals surface area contributed by atoms with Gasteiger partial charge in [-0.1, -0.05) is 0 Å². The molecule has 0 aliphatic heterocycles. The van der Waals surface area contributed by atoms with Gasteiger partial charge in [-0.15, -0.1) is 0 Å². The van der Waals surface area contributed by atoms with Gasteiger partial charge in [0.15, 0.2) is 0 Å². The van der Waals surface area contributed by atoms with Crippen molar-refractivity contribution in [2.45, 2.75) is 13.1 Å². The maximum absolute atomic E-state index is 12.8. The average molecular weight is 368 g/mol. The lowest BCUT2D eigenvalue weighted by atomic mass is 10.2. The fourth-order valence-corrected chi connectivity index (χ4v) is 2.28. The van der Waals surface area contributed by atoms with Gasteiger partial charge < -0.3 is 10.2 Å². The summed E-state index contributed by atoms with van der Waals surface area (Å²) in [5, 5.41) is 2.57. The number of anilines is 1. The Morgan fingerprint density at radius 1 is 1.00 bits per heavy atom. The molecule has 0 saturated carbocycles. The zero-order chi connectivity index (χ0) is 19.3. The van der Waals surface area contributed by atoms with Gasteiger partial charge in [-0.2, -0.15) is 13.2 Å². The molecular weight excluding hydrogens is 352 g/mol. The number of benzene rings is 2. The van der Waals surface area contributed by atoms with Crippen LogP contribution in [0.3, 0.4) is 0 Å². The first-order valence-electron chi connectivity index (χ1n) is 7.67. The van der Waals surface area contributed by atoms with E-state index in [0.717, 1.165) is 24.3 Å². The van der Waals surface area contributed by atoms with Crippen molar-refractivity contribution in [3.63, 3.8) is 0 Å². The highest BCUT2D eigenvalue weighted by Gasteiger charge is 2.30. The Bertz CT molecular complexity index is 771. The Balaban J connectivity index is 1.99. The summed E-state index contributed by atoms with van der Waals surface area (Å²) in [5.74, 6) is -1.28. The molecule has 0 aliphatic carbocycles. The Morgan fingerprint density at radius 3 is 2.08 bits per heavy atom. The van der Waals surface area contributed by atoms with Gasteiger partial charge in [0.2, 0.25) is 5.91 Å². The number of rotatable bonds is 5. The number of carbonyl (C=O) groups excluding carboxylic acids is 2. The molecule has 0 spiro atoms. The minimum Gasteiger partial charge on any atom is -0.350 e. The molecule has 8 heteroatoms. The van der Waals surface area contributed by atoms with E-state index in [1.807, 2.05) is 0 Å². The summed E-state index contributed by atoms with van der Waals surface area (Å²) < 4.78 is 50.7. The highest BCUT2D eigenvalue weighted by molar-refractivity contribution is 5.94. The highest BCUT2D eigenvalue weighted by Crippen LogP contribution is 2.30. The molecule has 0 bridgehead atoms. The Hall–Kier alpha value is -2.90. The molecule has 0 aliphatic rings. The number of hydrogen-bond donors (Lipinski definition) is 1. The topological polar surface area (TPSA) is 49.4 Å². The molecule has 0 saturated heterocycles. The first-order chi connectivity index (χ1) is 12.2. The van der Waals surface area contributed by atoms with Crippen LogP contribution < -0.4 is 10.2 Å². The molecule has 2 rings (SSSR count). The van der Waals surface area contributed by atoms with Crippen molar-refractivity contribution in [1.29, 1.82) is 0 Å². The van der Waals surface area contributed by atoms with E-state index in [-0.39, 0.29) is 24.6 Å². The van der Waals surface area contributed by atoms with Crippen LogP contribution in [0.5, 0.6) is 0 Å². The molecule has 4 nitrogen and oxygen atoms in total. The minimum atomic E-state index is -4.46. The summed E-state index contributed by atoms with van der Waals surface area (Å²) in [6.45, 7) is 1.43. The second kappa shape index (κ2) is 7.99. The van der Waals surface area contributed by atoms with Gasteiger partial charge >= 0.3 is 6.18 Å². The summed E-state index contributed by atoms with van der Waals surface area (Å²) in [7, 11) is 0. The van der Waals surface area contributed by atoms with E-state index in [4.69, 9.17) is 0 Å². The van der Waals surface area contributed by atoms with Crippen molar-refractivity contribution >= 4 is 17.5 Å². The van der Waals surface area contributed by atoms with E-state index >= 15 is 0 Å². The van der Waals surface area contributed by atoms with Crippen LogP contribution in [0, 0.1) is 5.82 Å². The lowest BCUT2D eigenvalue weighted by molar-refractivity contribution is -0.137. The number of amides is 2. The second-order valence-electron chi connectivity index (χ2n) is 5.48. The summed E-state index contributed by atoms with van der Waals surface area (Å²) in [5.41, 5.74) is -0.258.